The minimum Gasteiger partial charge on any atom is -0.475 e. The number of hydrogen-bond donors (Lipinski definition) is 1. The summed E-state index contributed by atoms with van der Waals surface area (Å²) in [6.07, 6.45) is 2.97. The number of halogens is 3. The van der Waals surface area contributed by atoms with E-state index in [1.165, 1.54) is 0 Å². The van der Waals surface area contributed by atoms with Crippen molar-refractivity contribution in [2.24, 2.45) is 11.8 Å². The fourth-order valence-electron chi connectivity index (χ4n) is 3.41. The predicted molar refractivity (Wildman–Crippen MR) is 91.0 cm³/mol. The highest BCUT2D eigenvalue weighted by atomic mass is 19.4. The number of hydrogen-bond acceptors (Lipinski definition) is 5. The Morgan fingerprint density at radius 2 is 1.89 bits per heavy atom. The molecule has 1 N–H and O–H groups in total. The first-order chi connectivity index (χ1) is 12.7. The van der Waals surface area contributed by atoms with Gasteiger partial charge in [0.15, 0.2) is 0 Å². The molecule has 10 heteroatoms. The van der Waals surface area contributed by atoms with Crippen LogP contribution in [-0.4, -0.2) is 64.2 Å². The Morgan fingerprint density at radius 1 is 1.22 bits per heavy atom. The van der Waals surface area contributed by atoms with Crippen molar-refractivity contribution >= 4 is 17.7 Å². The van der Waals surface area contributed by atoms with Gasteiger partial charge in [-0.15, -0.1) is 0 Å². The van der Waals surface area contributed by atoms with Crippen molar-refractivity contribution in [2.45, 2.75) is 32.4 Å². The minimum atomic E-state index is -5.08. The average molecular weight is 388 g/mol. The van der Waals surface area contributed by atoms with Crippen LogP contribution < -0.4 is 4.90 Å². The van der Waals surface area contributed by atoms with E-state index in [2.05, 4.69) is 26.7 Å². The highest BCUT2D eigenvalue weighted by Gasteiger charge is 2.39. The summed E-state index contributed by atoms with van der Waals surface area (Å²) < 4.78 is 31.7. The summed E-state index contributed by atoms with van der Waals surface area (Å²) in [4.78, 5) is 33.8. The van der Waals surface area contributed by atoms with Gasteiger partial charge in [-0.25, -0.2) is 9.78 Å². The zero-order valence-corrected chi connectivity index (χ0v) is 15.0. The molecule has 0 aromatic carbocycles. The van der Waals surface area contributed by atoms with Crippen LogP contribution in [0.4, 0.5) is 19.0 Å². The summed E-state index contributed by atoms with van der Waals surface area (Å²) in [5.74, 6) is -0.208. The van der Waals surface area contributed by atoms with Crippen LogP contribution >= 0.6 is 0 Å². The first kappa shape index (κ1) is 20.9. The number of carboxylic acids is 1. The highest BCUT2D eigenvalue weighted by Crippen LogP contribution is 2.32. The number of amides is 1. The average Bonchev–Trinajstić information content (AvgIpc) is 3.06. The molecule has 0 radical (unpaired) electrons. The monoisotopic (exact) mass is 388 g/mol. The zero-order valence-electron chi connectivity index (χ0n) is 15.0. The Balaban J connectivity index is 0.000000321. The summed E-state index contributed by atoms with van der Waals surface area (Å²) >= 11 is 0. The van der Waals surface area contributed by atoms with Gasteiger partial charge < -0.3 is 14.9 Å². The molecule has 2 fully saturated rings. The number of carbonyl (C=O) groups is 2. The summed E-state index contributed by atoms with van der Waals surface area (Å²) in [6.45, 7) is 5.96. The molecular weight excluding hydrogens is 365 g/mol. The molecule has 27 heavy (non-hydrogen) atoms. The van der Waals surface area contributed by atoms with E-state index in [1.807, 2.05) is 6.20 Å². The molecule has 0 aliphatic carbocycles. The third-order valence-corrected chi connectivity index (χ3v) is 4.73. The van der Waals surface area contributed by atoms with E-state index < -0.39 is 12.1 Å². The van der Waals surface area contributed by atoms with Crippen molar-refractivity contribution in [3.63, 3.8) is 0 Å². The van der Waals surface area contributed by atoms with Crippen molar-refractivity contribution in [2.75, 3.05) is 31.1 Å². The van der Waals surface area contributed by atoms with Gasteiger partial charge in [0.2, 0.25) is 5.91 Å². The van der Waals surface area contributed by atoms with Gasteiger partial charge in [0.1, 0.15) is 5.82 Å². The molecule has 1 aromatic rings. The molecule has 1 amide bonds. The van der Waals surface area contributed by atoms with Crippen LogP contribution in [0.2, 0.25) is 0 Å². The van der Waals surface area contributed by atoms with Crippen LogP contribution in [0.25, 0.3) is 0 Å². The molecular formula is C17H23F3N4O3. The lowest BCUT2D eigenvalue weighted by molar-refractivity contribution is -0.192. The lowest BCUT2D eigenvalue weighted by Crippen LogP contribution is -2.40. The molecule has 2 saturated heterocycles. The molecule has 150 valence electrons. The van der Waals surface area contributed by atoms with Crippen molar-refractivity contribution < 1.29 is 27.9 Å². The number of anilines is 1. The van der Waals surface area contributed by atoms with Crippen molar-refractivity contribution in [1.82, 2.24) is 14.9 Å². The maximum Gasteiger partial charge on any atom is 0.490 e. The number of likely N-dealkylation sites (tertiary alicyclic amines) is 1. The molecule has 0 unspecified atom stereocenters. The molecule has 2 atom stereocenters. The first-order valence-electron chi connectivity index (χ1n) is 8.81. The van der Waals surface area contributed by atoms with Crippen LogP contribution in [0.15, 0.2) is 18.6 Å². The van der Waals surface area contributed by atoms with Crippen LogP contribution in [0.3, 0.4) is 0 Å². The van der Waals surface area contributed by atoms with Crippen LogP contribution in [0.5, 0.6) is 0 Å². The van der Waals surface area contributed by atoms with Crippen LogP contribution in [0.1, 0.15) is 26.2 Å². The van der Waals surface area contributed by atoms with E-state index in [1.54, 1.807) is 12.4 Å². The maximum absolute atomic E-state index is 12.0. The van der Waals surface area contributed by atoms with Gasteiger partial charge in [-0.05, 0) is 24.7 Å². The number of carboxylic acid groups (broad SMARTS) is 1. The smallest absolute Gasteiger partial charge is 0.475 e. The topological polar surface area (TPSA) is 86.6 Å². The number of piperidine rings is 1. The Morgan fingerprint density at radius 3 is 2.44 bits per heavy atom. The SMILES string of the molecule is CCCC(=O)N1C[C@@H]2CCN(c3cnccn3)C[C@@H]2C1.O=C(O)C(F)(F)F. The zero-order chi connectivity index (χ0) is 20.0. The Labute approximate surface area is 155 Å². The predicted octanol–water partition coefficient (Wildman–Crippen LogP) is 2.19. The highest BCUT2D eigenvalue weighted by molar-refractivity contribution is 5.76. The molecule has 0 spiro atoms. The van der Waals surface area contributed by atoms with E-state index in [0.717, 1.165) is 44.8 Å². The third-order valence-electron chi connectivity index (χ3n) is 4.73. The number of nitrogens with zero attached hydrogens (tertiary/aromatic N) is 4. The second-order valence-corrected chi connectivity index (χ2v) is 6.67. The van der Waals surface area contributed by atoms with Gasteiger partial charge in [0.25, 0.3) is 0 Å². The summed E-state index contributed by atoms with van der Waals surface area (Å²) in [5.41, 5.74) is 0. The number of aromatic nitrogens is 2. The van der Waals surface area contributed by atoms with Gasteiger partial charge in [-0.3, -0.25) is 9.78 Å². The first-order valence-corrected chi connectivity index (χ1v) is 8.81. The van der Waals surface area contributed by atoms with E-state index in [0.29, 0.717) is 24.2 Å². The molecule has 3 rings (SSSR count). The van der Waals surface area contributed by atoms with Crippen molar-refractivity contribution in [1.29, 1.82) is 0 Å². The second-order valence-electron chi connectivity index (χ2n) is 6.67. The number of carbonyl (C=O) groups excluding carboxylic acids is 1. The van der Waals surface area contributed by atoms with Crippen molar-refractivity contribution in [3.8, 4) is 0 Å². The van der Waals surface area contributed by atoms with Gasteiger partial charge in [0.05, 0.1) is 6.20 Å². The lowest BCUT2D eigenvalue weighted by atomic mass is 9.89. The van der Waals surface area contributed by atoms with Gasteiger partial charge >= 0.3 is 12.1 Å². The molecule has 7 nitrogen and oxygen atoms in total. The second kappa shape index (κ2) is 9.01. The number of aliphatic carboxylic acids is 1. The number of alkyl halides is 3. The summed E-state index contributed by atoms with van der Waals surface area (Å²) in [7, 11) is 0. The van der Waals surface area contributed by atoms with Gasteiger partial charge in [-0.1, -0.05) is 6.92 Å². The van der Waals surface area contributed by atoms with E-state index in [4.69, 9.17) is 9.90 Å². The molecule has 0 bridgehead atoms. The Kier molecular flexibility index (Phi) is 6.98. The molecule has 1 aromatic heterocycles. The van der Waals surface area contributed by atoms with Crippen LogP contribution in [0, 0.1) is 11.8 Å². The fourth-order valence-corrected chi connectivity index (χ4v) is 3.41. The molecule has 0 saturated carbocycles. The summed E-state index contributed by atoms with van der Waals surface area (Å²) in [6, 6.07) is 0. The van der Waals surface area contributed by atoms with Crippen LogP contribution in [-0.2, 0) is 9.59 Å². The quantitative estimate of drug-likeness (QED) is 0.854. The van der Waals surface area contributed by atoms with Crippen molar-refractivity contribution in [3.05, 3.63) is 18.6 Å². The number of fused-ring (bicyclic) bond motifs is 1. The lowest BCUT2D eigenvalue weighted by Gasteiger charge is -2.34. The van der Waals surface area contributed by atoms with E-state index >= 15 is 0 Å². The molecule has 2 aliphatic heterocycles. The Bertz CT molecular complexity index is 642. The van der Waals surface area contributed by atoms with E-state index in [9.17, 15) is 18.0 Å². The summed E-state index contributed by atoms with van der Waals surface area (Å²) in [5, 5.41) is 7.12. The molecule has 2 aliphatic rings. The largest absolute Gasteiger partial charge is 0.490 e. The standard InChI is InChI=1S/C15H22N4O.C2HF3O2/c1-2-3-15(20)19-9-12-4-7-18(10-13(12)11-19)14-8-16-5-6-17-14;3-2(4,5)1(6)7/h5-6,8,12-13H,2-4,7,9-11H2,1H3;(H,6,7)/t12-,13+;/m0./s1. The normalized spacial score (nSPS) is 21.9. The Hall–Kier alpha value is -2.39. The number of rotatable bonds is 3. The maximum atomic E-state index is 12.0. The van der Waals surface area contributed by atoms with Gasteiger partial charge in [-0.2, -0.15) is 13.2 Å². The fraction of sp³-hybridized carbons (Fsp3) is 0.647. The third kappa shape index (κ3) is 5.80. The van der Waals surface area contributed by atoms with E-state index in [-0.39, 0.29) is 0 Å². The van der Waals surface area contributed by atoms with Gasteiger partial charge in [0, 0.05) is 45.0 Å². The molecule has 3 heterocycles. The minimum absolute atomic E-state index is 0.327.